The van der Waals surface area contributed by atoms with Gasteiger partial charge in [0.1, 0.15) is 17.1 Å². The molecule has 38 heavy (non-hydrogen) atoms. The third kappa shape index (κ3) is 5.89. The van der Waals surface area contributed by atoms with Crippen molar-refractivity contribution in [3.63, 3.8) is 0 Å². The Bertz CT molecular complexity index is 1300. The number of thioether (sulfide) groups is 1. The van der Waals surface area contributed by atoms with E-state index < -0.39 is 11.9 Å². The number of amides is 4. The predicted molar refractivity (Wildman–Crippen MR) is 145 cm³/mol. The lowest BCUT2D eigenvalue weighted by Crippen LogP contribution is -2.52. The number of hydrogen-bond donors (Lipinski definition) is 1. The number of nitriles is 1. The molecule has 0 bridgehead atoms. The molecule has 1 aromatic carbocycles. The maximum Gasteiger partial charge on any atom is 0.257 e. The third-order valence-corrected chi connectivity index (χ3v) is 7.88. The fourth-order valence-electron chi connectivity index (χ4n) is 5.24. The molecule has 1 saturated carbocycles. The van der Waals surface area contributed by atoms with Crippen molar-refractivity contribution >= 4 is 46.8 Å². The maximum absolute atomic E-state index is 13.7. The molecule has 4 amide bonds. The Hall–Kier alpha value is -3.71. The van der Waals surface area contributed by atoms with Gasteiger partial charge in [-0.3, -0.25) is 19.2 Å². The lowest BCUT2D eigenvalue weighted by molar-refractivity contribution is -0.139. The highest BCUT2D eigenvalue weighted by Gasteiger charge is 2.46. The van der Waals surface area contributed by atoms with Crippen molar-refractivity contribution in [3.05, 3.63) is 47.2 Å². The minimum absolute atomic E-state index is 0.0183. The summed E-state index contributed by atoms with van der Waals surface area (Å²) in [7, 11) is 0. The molecule has 1 N–H and O–H groups in total. The first-order chi connectivity index (χ1) is 18.2. The van der Waals surface area contributed by atoms with Crippen molar-refractivity contribution in [3.8, 4) is 6.07 Å². The van der Waals surface area contributed by atoms with Gasteiger partial charge in [-0.15, -0.1) is 0 Å². The topological polar surface area (TPSA) is 123 Å². The van der Waals surface area contributed by atoms with E-state index in [1.54, 1.807) is 29.2 Å². The van der Waals surface area contributed by atoms with Crippen molar-refractivity contribution in [1.29, 1.82) is 5.26 Å². The van der Waals surface area contributed by atoms with Crippen LogP contribution in [0.4, 0.5) is 11.4 Å². The lowest BCUT2D eigenvalue weighted by atomic mass is 9.92. The Morgan fingerprint density at radius 3 is 2.47 bits per heavy atom. The Morgan fingerprint density at radius 1 is 1.16 bits per heavy atom. The summed E-state index contributed by atoms with van der Waals surface area (Å²) in [5, 5.41) is 12.8. The zero-order valence-electron chi connectivity index (χ0n) is 21.8. The van der Waals surface area contributed by atoms with Gasteiger partial charge in [0.2, 0.25) is 17.7 Å². The molecular formula is C28H31N5O4S. The molecule has 1 saturated heterocycles. The van der Waals surface area contributed by atoms with Crippen LogP contribution in [0.3, 0.4) is 0 Å². The van der Waals surface area contributed by atoms with Crippen LogP contribution < -0.4 is 10.2 Å². The molecule has 10 heteroatoms. The summed E-state index contributed by atoms with van der Waals surface area (Å²) in [6.07, 6.45) is 4.49. The summed E-state index contributed by atoms with van der Waals surface area (Å²) in [5.74, 6) is -1.22. The second kappa shape index (κ2) is 11.8. The number of carbonyl (C=O) groups excluding carboxylic acids is 4. The summed E-state index contributed by atoms with van der Waals surface area (Å²) in [6.45, 7) is 5.08. The minimum atomic E-state index is -0.878. The Kier molecular flexibility index (Phi) is 8.47. The van der Waals surface area contributed by atoms with E-state index in [9.17, 15) is 24.4 Å². The number of aryl methyl sites for hydroxylation is 2. The molecule has 0 spiro atoms. The predicted octanol–water partition coefficient (Wildman–Crippen LogP) is 4.11. The van der Waals surface area contributed by atoms with Gasteiger partial charge in [0, 0.05) is 24.3 Å². The molecule has 4 rings (SSSR count). The van der Waals surface area contributed by atoms with Gasteiger partial charge in [0.25, 0.3) is 5.91 Å². The fourth-order valence-corrected chi connectivity index (χ4v) is 6.21. The molecule has 0 radical (unpaired) electrons. The second-order valence-corrected chi connectivity index (χ2v) is 10.7. The molecular weight excluding hydrogens is 502 g/mol. The molecule has 198 valence electrons. The minimum Gasteiger partial charge on any atom is -0.326 e. The largest absolute Gasteiger partial charge is 0.326 e. The van der Waals surface area contributed by atoms with Crippen LogP contribution in [0.2, 0.25) is 0 Å². The van der Waals surface area contributed by atoms with Crippen molar-refractivity contribution in [2.24, 2.45) is 0 Å². The van der Waals surface area contributed by atoms with E-state index in [1.807, 2.05) is 19.9 Å². The zero-order chi connectivity index (χ0) is 27.4. The van der Waals surface area contributed by atoms with Crippen molar-refractivity contribution in [2.45, 2.75) is 76.4 Å². The molecule has 1 aromatic heterocycles. The monoisotopic (exact) mass is 533 g/mol. The van der Waals surface area contributed by atoms with Gasteiger partial charge in [0.15, 0.2) is 0 Å². The molecule has 2 aliphatic rings. The van der Waals surface area contributed by atoms with Crippen molar-refractivity contribution < 1.29 is 19.2 Å². The number of pyridine rings is 1. The Morgan fingerprint density at radius 2 is 1.84 bits per heavy atom. The molecule has 1 aliphatic heterocycles. The number of hydrogen-bond acceptors (Lipinski definition) is 7. The highest BCUT2D eigenvalue weighted by atomic mass is 32.2. The summed E-state index contributed by atoms with van der Waals surface area (Å²) < 4.78 is 0. The van der Waals surface area contributed by atoms with E-state index >= 15 is 0 Å². The van der Waals surface area contributed by atoms with Crippen LogP contribution in [0.1, 0.15) is 62.3 Å². The van der Waals surface area contributed by atoms with Crippen LogP contribution in [0.15, 0.2) is 35.4 Å². The zero-order valence-corrected chi connectivity index (χ0v) is 22.6. The van der Waals surface area contributed by atoms with E-state index in [4.69, 9.17) is 0 Å². The first-order valence-electron chi connectivity index (χ1n) is 12.8. The van der Waals surface area contributed by atoms with Crippen LogP contribution in [-0.2, 0) is 19.2 Å². The van der Waals surface area contributed by atoms with Crippen LogP contribution >= 0.6 is 11.8 Å². The number of benzene rings is 1. The lowest BCUT2D eigenvalue weighted by Gasteiger charge is -2.37. The van der Waals surface area contributed by atoms with E-state index in [0.717, 1.165) is 48.3 Å². The second-order valence-electron chi connectivity index (χ2n) is 9.77. The first kappa shape index (κ1) is 27.3. The number of carbonyl (C=O) groups is 4. The molecule has 1 unspecified atom stereocenters. The normalized spacial score (nSPS) is 17.8. The molecule has 2 heterocycles. The summed E-state index contributed by atoms with van der Waals surface area (Å²) in [4.78, 5) is 58.9. The van der Waals surface area contributed by atoms with Crippen LogP contribution in [0.25, 0.3) is 0 Å². The molecule has 1 atom stereocenters. The molecule has 9 nitrogen and oxygen atoms in total. The first-order valence-corrected chi connectivity index (χ1v) is 13.7. The van der Waals surface area contributed by atoms with E-state index in [1.165, 1.54) is 18.7 Å². The van der Waals surface area contributed by atoms with Gasteiger partial charge in [-0.1, -0.05) is 31.0 Å². The SMILES string of the molecule is CC(=O)Nc1ccc(N2C(=O)CC(N(C(=O)CSc3nc(C)cc(C)c3C#N)C3CCCCC3)C2=O)cc1. The van der Waals surface area contributed by atoms with Gasteiger partial charge in [-0.25, -0.2) is 9.88 Å². The van der Waals surface area contributed by atoms with E-state index in [0.29, 0.717) is 22.0 Å². The van der Waals surface area contributed by atoms with Gasteiger partial charge in [0.05, 0.1) is 23.4 Å². The van der Waals surface area contributed by atoms with Crippen molar-refractivity contribution in [2.75, 3.05) is 16.0 Å². The molecule has 2 aromatic rings. The number of aromatic nitrogens is 1. The average Bonchev–Trinajstić information content (AvgIpc) is 3.16. The summed E-state index contributed by atoms with van der Waals surface area (Å²) >= 11 is 1.20. The van der Waals surface area contributed by atoms with E-state index in [-0.39, 0.29) is 35.9 Å². The van der Waals surface area contributed by atoms with Gasteiger partial charge in [-0.05, 0) is 62.6 Å². The Labute approximate surface area is 226 Å². The quantitative estimate of drug-likeness (QED) is 0.420. The highest BCUT2D eigenvalue weighted by molar-refractivity contribution is 8.00. The maximum atomic E-state index is 13.7. The summed E-state index contributed by atoms with van der Waals surface area (Å²) in [6, 6.07) is 9.50. The molecule has 2 fully saturated rings. The Balaban J connectivity index is 1.57. The summed E-state index contributed by atoms with van der Waals surface area (Å²) in [5.41, 5.74) is 2.97. The van der Waals surface area contributed by atoms with Gasteiger partial charge < -0.3 is 10.2 Å². The van der Waals surface area contributed by atoms with Crippen molar-refractivity contribution in [1.82, 2.24) is 9.88 Å². The fraction of sp³-hybridized carbons (Fsp3) is 0.429. The van der Waals surface area contributed by atoms with Gasteiger partial charge >= 0.3 is 0 Å². The highest BCUT2D eigenvalue weighted by Crippen LogP contribution is 2.33. The number of imide groups is 1. The van der Waals surface area contributed by atoms with Gasteiger partial charge in [-0.2, -0.15) is 5.26 Å². The smallest absolute Gasteiger partial charge is 0.257 e. The average molecular weight is 534 g/mol. The van der Waals surface area contributed by atoms with Crippen LogP contribution in [-0.4, -0.2) is 51.3 Å². The third-order valence-electron chi connectivity index (χ3n) is 6.92. The number of rotatable bonds is 7. The van der Waals surface area contributed by atoms with Crippen LogP contribution in [0.5, 0.6) is 0 Å². The number of nitrogens with zero attached hydrogens (tertiary/aromatic N) is 4. The standard InChI is InChI=1S/C28H31N5O4S/c1-17-13-18(2)30-27(23(17)15-29)38-16-26(36)32(21-7-5-4-6-8-21)24-14-25(35)33(28(24)37)22-11-9-20(10-12-22)31-19(3)34/h9-13,21,24H,4-8,14,16H2,1-3H3,(H,31,34). The molecule has 1 aliphatic carbocycles. The van der Waals surface area contributed by atoms with Crippen LogP contribution in [0, 0.1) is 25.2 Å². The van der Waals surface area contributed by atoms with E-state index in [2.05, 4.69) is 16.4 Å². The number of nitrogens with one attached hydrogen (secondary N) is 1. The number of anilines is 2.